The fourth-order valence-electron chi connectivity index (χ4n) is 1.47. The Morgan fingerprint density at radius 2 is 2.16 bits per heavy atom. The summed E-state index contributed by atoms with van der Waals surface area (Å²) >= 11 is 0. The van der Waals surface area contributed by atoms with Gasteiger partial charge in [0.05, 0.1) is 12.2 Å². The highest BCUT2D eigenvalue weighted by Gasteiger charge is 2.28. The summed E-state index contributed by atoms with van der Waals surface area (Å²) in [6, 6.07) is 5.23. The van der Waals surface area contributed by atoms with Crippen LogP contribution in [0.3, 0.4) is 0 Å². The van der Waals surface area contributed by atoms with Crippen LogP contribution >= 0.6 is 0 Å². The summed E-state index contributed by atoms with van der Waals surface area (Å²) in [5.74, 6) is -0.664. The number of halogens is 3. The fourth-order valence-corrected chi connectivity index (χ4v) is 1.47. The standard InChI is InChI=1S/C12H16F3N3O/c1-9(10-5-3-4-6-16-10)18(2)7-11(19)17-8-12(13,14)15/h3-6,9H,7-8H2,1-2H3,(H,17,19)/t9-/m1/s1. The molecular formula is C12H16F3N3O. The van der Waals surface area contributed by atoms with Crippen LogP contribution in [0.2, 0.25) is 0 Å². The van der Waals surface area contributed by atoms with E-state index in [1.807, 2.05) is 18.3 Å². The molecular weight excluding hydrogens is 259 g/mol. The van der Waals surface area contributed by atoms with Gasteiger partial charge in [0.1, 0.15) is 6.54 Å². The van der Waals surface area contributed by atoms with Crippen molar-refractivity contribution in [3.8, 4) is 0 Å². The van der Waals surface area contributed by atoms with Crippen molar-refractivity contribution in [2.45, 2.75) is 19.1 Å². The number of nitrogens with one attached hydrogen (secondary N) is 1. The Balaban J connectivity index is 2.46. The van der Waals surface area contributed by atoms with E-state index in [4.69, 9.17) is 0 Å². The number of aromatic nitrogens is 1. The Labute approximate surface area is 109 Å². The highest BCUT2D eigenvalue weighted by Crippen LogP contribution is 2.15. The van der Waals surface area contributed by atoms with Gasteiger partial charge in [0.2, 0.25) is 5.91 Å². The molecule has 0 saturated carbocycles. The van der Waals surface area contributed by atoms with Crippen LogP contribution < -0.4 is 5.32 Å². The van der Waals surface area contributed by atoms with Crippen LogP contribution in [-0.2, 0) is 4.79 Å². The number of amides is 1. The summed E-state index contributed by atoms with van der Waals surface area (Å²) in [6.07, 6.45) is -2.76. The van der Waals surface area contributed by atoms with Crippen molar-refractivity contribution in [1.29, 1.82) is 0 Å². The van der Waals surface area contributed by atoms with E-state index in [1.165, 1.54) is 0 Å². The van der Waals surface area contributed by atoms with Crippen molar-refractivity contribution in [3.05, 3.63) is 30.1 Å². The smallest absolute Gasteiger partial charge is 0.346 e. The zero-order valence-electron chi connectivity index (χ0n) is 10.7. The number of nitrogens with zero attached hydrogens (tertiary/aromatic N) is 2. The first kappa shape index (κ1) is 15.4. The lowest BCUT2D eigenvalue weighted by Crippen LogP contribution is -2.40. The quantitative estimate of drug-likeness (QED) is 0.890. The Morgan fingerprint density at radius 3 is 2.68 bits per heavy atom. The number of hydrogen-bond acceptors (Lipinski definition) is 3. The van der Waals surface area contributed by atoms with Crippen molar-refractivity contribution >= 4 is 5.91 Å². The number of pyridine rings is 1. The highest BCUT2D eigenvalue weighted by atomic mass is 19.4. The Kier molecular flexibility index (Phi) is 5.29. The van der Waals surface area contributed by atoms with Gasteiger partial charge >= 0.3 is 6.18 Å². The molecule has 0 aliphatic heterocycles. The minimum absolute atomic E-state index is 0.117. The van der Waals surface area contributed by atoms with Gasteiger partial charge in [0, 0.05) is 12.2 Å². The second kappa shape index (κ2) is 6.51. The zero-order valence-corrected chi connectivity index (χ0v) is 10.7. The Hall–Kier alpha value is -1.63. The number of likely N-dealkylation sites (N-methyl/N-ethyl adjacent to an activating group) is 1. The van der Waals surface area contributed by atoms with E-state index in [1.54, 1.807) is 30.3 Å². The third kappa shape index (κ3) is 5.69. The van der Waals surface area contributed by atoms with Crippen LogP contribution in [0.15, 0.2) is 24.4 Å². The first-order valence-corrected chi connectivity index (χ1v) is 5.74. The molecule has 1 amide bonds. The van der Waals surface area contributed by atoms with Gasteiger partial charge < -0.3 is 5.32 Å². The van der Waals surface area contributed by atoms with Crippen LogP contribution in [0.25, 0.3) is 0 Å². The molecule has 19 heavy (non-hydrogen) atoms. The third-order valence-corrected chi connectivity index (χ3v) is 2.66. The molecule has 1 atom stereocenters. The fraction of sp³-hybridized carbons (Fsp3) is 0.500. The van der Waals surface area contributed by atoms with Crippen molar-refractivity contribution < 1.29 is 18.0 Å². The molecule has 1 heterocycles. The minimum atomic E-state index is -4.39. The molecule has 0 aliphatic rings. The molecule has 0 unspecified atom stereocenters. The summed E-state index contributed by atoms with van der Waals surface area (Å²) in [5, 5.41) is 1.83. The monoisotopic (exact) mass is 275 g/mol. The van der Waals surface area contributed by atoms with Crippen molar-refractivity contribution in [2.75, 3.05) is 20.1 Å². The normalized spacial score (nSPS) is 13.4. The van der Waals surface area contributed by atoms with Gasteiger partial charge in [-0.25, -0.2) is 0 Å². The van der Waals surface area contributed by atoms with Crippen LogP contribution in [0.5, 0.6) is 0 Å². The summed E-state index contributed by atoms with van der Waals surface area (Å²) < 4.78 is 35.8. The first-order chi connectivity index (χ1) is 8.79. The van der Waals surface area contributed by atoms with Crippen LogP contribution in [0.1, 0.15) is 18.7 Å². The van der Waals surface area contributed by atoms with Gasteiger partial charge in [0.15, 0.2) is 0 Å². The molecule has 0 fully saturated rings. The van der Waals surface area contributed by atoms with E-state index >= 15 is 0 Å². The lowest BCUT2D eigenvalue weighted by atomic mass is 10.2. The van der Waals surface area contributed by atoms with Crippen LogP contribution in [0.4, 0.5) is 13.2 Å². The molecule has 106 valence electrons. The van der Waals surface area contributed by atoms with E-state index in [9.17, 15) is 18.0 Å². The second-order valence-corrected chi connectivity index (χ2v) is 4.24. The van der Waals surface area contributed by atoms with E-state index in [0.29, 0.717) is 0 Å². The van der Waals surface area contributed by atoms with Gasteiger partial charge in [0.25, 0.3) is 0 Å². The minimum Gasteiger partial charge on any atom is -0.346 e. The molecule has 1 rings (SSSR count). The number of hydrogen-bond donors (Lipinski definition) is 1. The lowest BCUT2D eigenvalue weighted by Gasteiger charge is -2.23. The van der Waals surface area contributed by atoms with E-state index in [-0.39, 0.29) is 12.6 Å². The largest absolute Gasteiger partial charge is 0.405 e. The van der Waals surface area contributed by atoms with Gasteiger partial charge in [-0.1, -0.05) is 6.07 Å². The summed E-state index contributed by atoms with van der Waals surface area (Å²) in [6.45, 7) is 0.408. The Morgan fingerprint density at radius 1 is 1.47 bits per heavy atom. The van der Waals surface area contributed by atoms with E-state index < -0.39 is 18.6 Å². The molecule has 0 bridgehead atoms. The second-order valence-electron chi connectivity index (χ2n) is 4.24. The maximum atomic E-state index is 11.9. The van der Waals surface area contributed by atoms with Crippen molar-refractivity contribution in [1.82, 2.24) is 15.2 Å². The van der Waals surface area contributed by atoms with Crippen molar-refractivity contribution in [2.24, 2.45) is 0 Å². The molecule has 0 saturated heterocycles. The van der Waals surface area contributed by atoms with Gasteiger partial charge in [-0.3, -0.25) is 14.7 Å². The van der Waals surface area contributed by atoms with Crippen LogP contribution in [-0.4, -0.2) is 42.1 Å². The molecule has 0 spiro atoms. The van der Waals surface area contributed by atoms with Gasteiger partial charge in [-0.05, 0) is 26.1 Å². The summed E-state index contributed by atoms with van der Waals surface area (Å²) in [4.78, 5) is 17.1. The maximum absolute atomic E-state index is 11.9. The molecule has 0 radical (unpaired) electrons. The predicted octanol–water partition coefficient (Wildman–Crippen LogP) is 1.75. The number of alkyl halides is 3. The first-order valence-electron chi connectivity index (χ1n) is 5.74. The predicted molar refractivity (Wildman–Crippen MR) is 64.3 cm³/mol. The number of carbonyl (C=O) groups excluding carboxylic acids is 1. The number of carbonyl (C=O) groups is 1. The molecule has 0 aliphatic carbocycles. The van der Waals surface area contributed by atoms with Crippen molar-refractivity contribution in [3.63, 3.8) is 0 Å². The maximum Gasteiger partial charge on any atom is 0.405 e. The van der Waals surface area contributed by atoms with Crippen LogP contribution in [0, 0.1) is 0 Å². The average Bonchev–Trinajstić information content (AvgIpc) is 2.35. The Bertz CT molecular complexity index is 408. The molecule has 0 aromatic carbocycles. The van der Waals surface area contributed by atoms with E-state index in [2.05, 4.69) is 4.98 Å². The summed E-state index contributed by atoms with van der Waals surface area (Å²) in [7, 11) is 1.66. The lowest BCUT2D eigenvalue weighted by molar-refractivity contribution is -0.139. The molecule has 1 aromatic rings. The number of rotatable bonds is 5. The molecule has 4 nitrogen and oxygen atoms in total. The third-order valence-electron chi connectivity index (χ3n) is 2.66. The molecule has 1 aromatic heterocycles. The molecule has 1 N–H and O–H groups in total. The topological polar surface area (TPSA) is 45.2 Å². The van der Waals surface area contributed by atoms with Gasteiger partial charge in [-0.15, -0.1) is 0 Å². The van der Waals surface area contributed by atoms with Gasteiger partial charge in [-0.2, -0.15) is 13.2 Å². The average molecular weight is 275 g/mol. The zero-order chi connectivity index (χ0) is 14.5. The SMILES string of the molecule is C[C@H](c1ccccn1)N(C)CC(=O)NCC(F)(F)F. The summed E-state index contributed by atoms with van der Waals surface area (Å²) in [5.41, 5.74) is 0.758. The van der Waals surface area contributed by atoms with E-state index in [0.717, 1.165) is 5.69 Å². The molecule has 7 heteroatoms. The highest BCUT2D eigenvalue weighted by molar-refractivity contribution is 5.78.